The minimum absolute atomic E-state index is 0.195. The van der Waals surface area contributed by atoms with Crippen LogP contribution in [0.1, 0.15) is 39.5 Å². The highest BCUT2D eigenvalue weighted by molar-refractivity contribution is 6.15. The first-order valence-electron chi connectivity index (χ1n) is 11.7. The third-order valence-corrected chi connectivity index (χ3v) is 6.16. The van der Waals surface area contributed by atoms with Crippen molar-refractivity contribution in [3.8, 4) is 11.5 Å². The van der Waals surface area contributed by atoms with Crippen LogP contribution in [-0.2, 0) is 6.42 Å². The maximum absolute atomic E-state index is 12.8. The molecule has 4 rings (SSSR count). The van der Waals surface area contributed by atoms with E-state index in [2.05, 4.69) is 10.6 Å². The number of benzene rings is 3. The number of hydrogen-bond acceptors (Lipinski definition) is 5. The van der Waals surface area contributed by atoms with Crippen LogP contribution in [0.5, 0.6) is 11.5 Å². The number of rotatable bonds is 5. The summed E-state index contributed by atoms with van der Waals surface area (Å²) in [6.07, 6.45) is 0.577. The third kappa shape index (κ3) is 5.02. The first-order chi connectivity index (χ1) is 17.3. The zero-order valence-electron chi connectivity index (χ0n) is 21.1. The Morgan fingerprint density at radius 1 is 0.972 bits per heavy atom. The minimum atomic E-state index is -0.305. The standard InChI is InChI=1S/C28H30N4O4/c1-17-6-12-22(13-7-17)30-27(33)20-10-8-19(9-11-20)26-23-16-25(36-5)24(35-4)15-21(23)14-18(2)32(31-26)28(34)29-3/h6-13,15-16,18H,14H2,1-5H3,(H,29,34)(H,30,33). The Bertz CT molecular complexity index is 1300. The van der Waals surface area contributed by atoms with Crippen LogP contribution in [0.2, 0.25) is 0 Å². The van der Waals surface area contributed by atoms with Crippen LogP contribution in [0.15, 0.2) is 65.8 Å². The fourth-order valence-electron chi connectivity index (χ4n) is 4.17. The van der Waals surface area contributed by atoms with Crippen molar-refractivity contribution in [3.05, 3.63) is 88.5 Å². The number of ether oxygens (including phenoxy) is 2. The van der Waals surface area contributed by atoms with Gasteiger partial charge in [-0.25, -0.2) is 9.80 Å². The van der Waals surface area contributed by atoms with E-state index in [1.807, 2.05) is 62.4 Å². The molecule has 8 nitrogen and oxygen atoms in total. The topological polar surface area (TPSA) is 92.3 Å². The van der Waals surface area contributed by atoms with Crippen molar-refractivity contribution in [2.75, 3.05) is 26.6 Å². The van der Waals surface area contributed by atoms with E-state index in [1.54, 1.807) is 33.4 Å². The third-order valence-electron chi connectivity index (χ3n) is 6.16. The first kappa shape index (κ1) is 24.8. The van der Waals surface area contributed by atoms with Gasteiger partial charge < -0.3 is 20.1 Å². The molecule has 3 aromatic rings. The highest BCUT2D eigenvalue weighted by Crippen LogP contribution is 2.34. The molecule has 1 heterocycles. The van der Waals surface area contributed by atoms with Gasteiger partial charge in [0.05, 0.1) is 26.0 Å². The molecule has 36 heavy (non-hydrogen) atoms. The number of anilines is 1. The normalized spacial score (nSPS) is 14.8. The molecule has 0 saturated heterocycles. The smallest absolute Gasteiger partial charge is 0.337 e. The van der Waals surface area contributed by atoms with E-state index in [4.69, 9.17) is 14.6 Å². The van der Waals surface area contributed by atoms with Crippen molar-refractivity contribution >= 4 is 23.3 Å². The number of amides is 3. The van der Waals surface area contributed by atoms with Crippen LogP contribution in [0, 0.1) is 6.92 Å². The average Bonchev–Trinajstić information content (AvgIpc) is 3.04. The molecule has 186 valence electrons. The molecule has 0 bridgehead atoms. The van der Waals surface area contributed by atoms with Crippen molar-refractivity contribution in [1.82, 2.24) is 10.3 Å². The van der Waals surface area contributed by atoms with Gasteiger partial charge in [-0.3, -0.25) is 4.79 Å². The Kier molecular flexibility index (Phi) is 7.24. The number of hydrogen-bond donors (Lipinski definition) is 2. The van der Waals surface area contributed by atoms with Gasteiger partial charge in [0, 0.05) is 29.4 Å². The number of nitrogens with zero attached hydrogens (tertiary/aromatic N) is 2. The number of carbonyl (C=O) groups excluding carboxylic acids is 2. The van der Waals surface area contributed by atoms with E-state index in [0.717, 1.165) is 27.9 Å². The van der Waals surface area contributed by atoms with Gasteiger partial charge in [-0.05, 0) is 62.2 Å². The molecule has 0 radical (unpaired) electrons. The second kappa shape index (κ2) is 10.5. The summed E-state index contributed by atoms with van der Waals surface area (Å²) in [4.78, 5) is 25.4. The lowest BCUT2D eigenvalue weighted by atomic mass is 9.93. The summed E-state index contributed by atoms with van der Waals surface area (Å²) in [6, 6.07) is 18.1. The Morgan fingerprint density at radius 3 is 2.22 bits per heavy atom. The van der Waals surface area contributed by atoms with E-state index >= 15 is 0 Å². The summed E-state index contributed by atoms with van der Waals surface area (Å²) in [5.41, 5.74) is 5.54. The van der Waals surface area contributed by atoms with Crippen molar-refractivity contribution in [2.45, 2.75) is 26.3 Å². The summed E-state index contributed by atoms with van der Waals surface area (Å²) < 4.78 is 11.0. The van der Waals surface area contributed by atoms with E-state index in [-0.39, 0.29) is 18.0 Å². The molecule has 1 atom stereocenters. The Labute approximate surface area is 210 Å². The second-order valence-corrected chi connectivity index (χ2v) is 8.66. The summed E-state index contributed by atoms with van der Waals surface area (Å²) >= 11 is 0. The van der Waals surface area contributed by atoms with Crippen molar-refractivity contribution in [1.29, 1.82) is 0 Å². The number of aryl methyl sites for hydroxylation is 1. The van der Waals surface area contributed by atoms with Crippen molar-refractivity contribution in [2.24, 2.45) is 5.10 Å². The van der Waals surface area contributed by atoms with Crippen LogP contribution in [-0.4, -0.2) is 50.0 Å². The van der Waals surface area contributed by atoms with E-state index in [0.29, 0.717) is 29.2 Å². The molecule has 0 fully saturated rings. The van der Waals surface area contributed by atoms with Crippen molar-refractivity contribution < 1.29 is 19.1 Å². The van der Waals surface area contributed by atoms with Gasteiger partial charge in [-0.1, -0.05) is 29.8 Å². The van der Waals surface area contributed by atoms with Crippen LogP contribution < -0.4 is 20.1 Å². The lowest BCUT2D eigenvalue weighted by Gasteiger charge is -2.22. The molecule has 2 N–H and O–H groups in total. The number of carbonyl (C=O) groups is 2. The number of methoxy groups -OCH3 is 2. The van der Waals surface area contributed by atoms with Gasteiger partial charge in [0.1, 0.15) is 0 Å². The summed E-state index contributed by atoms with van der Waals surface area (Å²) in [7, 11) is 4.76. The minimum Gasteiger partial charge on any atom is -0.493 e. The average molecular weight is 487 g/mol. The van der Waals surface area contributed by atoms with Crippen LogP contribution in [0.3, 0.4) is 0 Å². The summed E-state index contributed by atoms with van der Waals surface area (Å²) in [6.45, 7) is 3.94. The van der Waals surface area contributed by atoms with E-state index < -0.39 is 0 Å². The Balaban J connectivity index is 1.73. The quantitative estimate of drug-likeness (QED) is 0.551. The maximum atomic E-state index is 12.8. The SMILES string of the molecule is CNC(=O)N1N=C(c2ccc(C(=O)Nc3ccc(C)cc3)cc2)c2cc(OC)c(OC)cc2CC1C. The van der Waals surface area contributed by atoms with Crippen LogP contribution in [0.25, 0.3) is 0 Å². The highest BCUT2D eigenvalue weighted by atomic mass is 16.5. The first-order valence-corrected chi connectivity index (χ1v) is 11.7. The van der Waals surface area contributed by atoms with Gasteiger partial charge in [-0.2, -0.15) is 5.10 Å². The number of urea groups is 1. The van der Waals surface area contributed by atoms with E-state index in [1.165, 1.54) is 5.01 Å². The monoisotopic (exact) mass is 486 g/mol. The molecule has 0 aromatic heterocycles. The maximum Gasteiger partial charge on any atom is 0.337 e. The molecule has 0 spiro atoms. The van der Waals surface area contributed by atoms with Crippen LogP contribution in [0.4, 0.5) is 10.5 Å². The van der Waals surface area contributed by atoms with E-state index in [9.17, 15) is 9.59 Å². The van der Waals surface area contributed by atoms with Gasteiger partial charge in [0.2, 0.25) is 0 Å². The number of fused-ring (bicyclic) bond motifs is 1. The van der Waals surface area contributed by atoms with Crippen LogP contribution >= 0.6 is 0 Å². The molecule has 0 aliphatic carbocycles. The zero-order chi connectivity index (χ0) is 25.8. The molecular weight excluding hydrogens is 456 g/mol. The predicted octanol–water partition coefficient (Wildman–Crippen LogP) is 4.60. The molecule has 8 heteroatoms. The molecule has 1 aliphatic rings. The van der Waals surface area contributed by atoms with Gasteiger partial charge in [0.15, 0.2) is 11.5 Å². The Morgan fingerprint density at radius 2 is 1.61 bits per heavy atom. The van der Waals surface area contributed by atoms with Crippen molar-refractivity contribution in [3.63, 3.8) is 0 Å². The summed E-state index contributed by atoms with van der Waals surface area (Å²) in [5, 5.41) is 11.8. The highest BCUT2D eigenvalue weighted by Gasteiger charge is 2.28. The second-order valence-electron chi connectivity index (χ2n) is 8.66. The fraction of sp³-hybridized carbons (Fsp3) is 0.250. The molecule has 1 aliphatic heterocycles. The lowest BCUT2D eigenvalue weighted by molar-refractivity contribution is 0.102. The van der Waals surface area contributed by atoms with Gasteiger partial charge >= 0.3 is 6.03 Å². The number of nitrogens with one attached hydrogen (secondary N) is 2. The molecule has 3 amide bonds. The lowest BCUT2D eigenvalue weighted by Crippen LogP contribution is -2.41. The largest absolute Gasteiger partial charge is 0.493 e. The molecule has 3 aromatic carbocycles. The molecule has 1 unspecified atom stereocenters. The predicted molar refractivity (Wildman–Crippen MR) is 140 cm³/mol. The fourth-order valence-corrected chi connectivity index (χ4v) is 4.17. The zero-order valence-corrected chi connectivity index (χ0v) is 21.1. The van der Waals surface area contributed by atoms with Gasteiger partial charge in [-0.15, -0.1) is 0 Å². The Hall–Kier alpha value is -4.33. The number of hydrazone groups is 1. The van der Waals surface area contributed by atoms with Gasteiger partial charge in [0.25, 0.3) is 5.91 Å². The molecule has 0 saturated carbocycles. The molecular formula is C28H30N4O4. The summed E-state index contributed by atoms with van der Waals surface area (Å²) in [5.74, 6) is 0.971.